The smallest absolute Gasteiger partial charge is 0.417 e. The Morgan fingerprint density at radius 3 is 2.41 bits per heavy atom. The summed E-state index contributed by atoms with van der Waals surface area (Å²) in [6.07, 6.45) is -2.85. The number of ether oxygens (including phenoxy) is 1. The highest BCUT2D eigenvalue weighted by Gasteiger charge is 2.37. The molecule has 2 rings (SSSR count). The van der Waals surface area contributed by atoms with Crippen molar-refractivity contribution < 1.29 is 31.1 Å². The first kappa shape index (κ1) is 22.0. The molecule has 2 aromatic carbocycles. The minimum atomic E-state index is -5.03. The average molecular weight is 424 g/mol. The van der Waals surface area contributed by atoms with Gasteiger partial charge in [0.05, 0.1) is 28.7 Å². The lowest BCUT2D eigenvalue weighted by molar-refractivity contribution is -0.140. The van der Waals surface area contributed by atoms with Crippen molar-refractivity contribution in [2.75, 3.05) is 6.61 Å². The van der Waals surface area contributed by atoms with Crippen molar-refractivity contribution in [1.82, 2.24) is 4.72 Å². The molecule has 0 radical (unpaired) electrons. The zero-order chi connectivity index (χ0) is 21.7. The number of nitrogens with zero attached hydrogens (tertiary/aromatic N) is 1. The molecule has 10 heteroatoms. The Labute approximate surface area is 165 Å². The molecule has 0 heterocycles. The van der Waals surface area contributed by atoms with Gasteiger partial charge in [0.25, 0.3) is 15.9 Å². The van der Waals surface area contributed by atoms with Crippen molar-refractivity contribution in [3.8, 4) is 11.8 Å². The number of hydrogen-bond donors (Lipinski definition) is 1. The summed E-state index contributed by atoms with van der Waals surface area (Å²) in [7, 11) is -4.82. The largest absolute Gasteiger partial charge is 0.494 e. The number of benzene rings is 2. The monoisotopic (exact) mass is 424 g/mol. The van der Waals surface area contributed by atoms with Gasteiger partial charge >= 0.3 is 6.18 Å². The third-order valence-corrected chi connectivity index (χ3v) is 4.96. The Kier molecular flexibility index (Phi) is 6.66. The molecule has 0 saturated carbocycles. The Hall–Kier alpha value is -3.32. The van der Waals surface area contributed by atoms with E-state index in [1.54, 1.807) is 29.0 Å². The lowest BCUT2D eigenvalue weighted by atomic mass is 10.1. The summed E-state index contributed by atoms with van der Waals surface area (Å²) in [4.78, 5) is 10.8. The number of alkyl halides is 3. The fourth-order valence-corrected chi connectivity index (χ4v) is 3.44. The van der Waals surface area contributed by atoms with Gasteiger partial charge in [-0.1, -0.05) is 12.1 Å². The van der Waals surface area contributed by atoms with Crippen LogP contribution in [0.15, 0.2) is 53.4 Å². The summed E-state index contributed by atoms with van der Waals surface area (Å²) in [6, 6.07) is 9.99. The van der Waals surface area contributed by atoms with Crippen LogP contribution < -0.4 is 9.46 Å². The topological polar surface area (TPSA) is 96.3 Å². The lowest BCUT2D eigenvalue weighted by Crippen LogP contribution is -2.30. The zero-order valence-electron chi connectivity index (χ0n) is 15.0. The van der Waals surface area contributed by atoms with Crippen LogP contribution in [0.1, 0.15) is 23.6 Å². The third-order valence-electron chi connectivity index (χ3n) is 3.56. The molecular weight excluding hydrogens is 409 g/mol. The van der Waals surface area contributed by atoms with Gasteiger partial charge in [-0.3, -0.25) is 4.79 Å². The van der Waals surface area contributed by atoms with Crippen LogP contribution in [0.25, 0.3) is 6.08 Å². The van der Waals surface area contributed by atoms with E-state index in [4.69, 9.17) is 10.00 Å². The van der Waals surface area contributed by atoms with Gasteiger partial charge in [-0.2, -0.15) is 18.4 Å². The van der Waals surface area contributed by atoms with E-state index in [0.717, 1.165) is 12.1 Å². The van der Waals surface area contributed by atoms with Gasteiger partial charge in [0.1, 0.15) is 5.75 Å². The number of nitrogens with one attached hydrogen (secondary N) is 1. The molecule has 0 aromatic heterocycles. The standard InChI is InChI=1S/C19H15F3N2O4S/c1-2-28-15-7-3-13(4-8-15)6-10-18(25)24-29(26,27)17-9-5-14(12-23)11-16(17)19(20,21)22/h3-11H,2H2,1H3,(H,24,25)/b10-6+. The maximum atomic E-state index is 13.2. The summed E-state index contributed by atoms with van der Waals surface area (Å²) in [5.41, 5.74) is -1.35. The highest BCUT2D eigenvalue weighted by Crippen LogP contribution is 2.34. The highest BCUT2D eigenvalue weighted by atomic mass is 32.2. The number of carbonyl (C=O) groups is 1. The van der Waals surface area contributed by atoms with E-state index in [1.807, 2.05) is 6.92 Å². The minimum absolute atomic E-state index is 0.363. The van der Waals surface area contributed by atoms with Crippen LogP contribution in [0.3, 0.4) is 0 Å². The van der Waals surface area contributed by atoms with Crippen LogP contribution in [-0.2, 0) is 21.0 Å². The number of nitriles is 1. The molecule has 0 bridgehead atoms. The summed E-state index contributed by atoms with van der Waals surface area (Å²) < 4.78 is 70.9. The van der Waals surface area contributed by atoms with Crippen LogP contribution in [-0.4, -0.2) is 20.9 Å². The molecule has 0 unspecified atom stereocenters. The Balaban J connectivity index is 2.23. The summed E-state index contributed by atoms with van der Waals surface area (Å²) in [6.45, 7) is 2.29. The second-order valence-electron chi connectivity index (χ2n) is 5.63. The maximum Gasteiger partial charge on any atom is 0.417 e. The quantitative estimate of drug-likeness (QED) is 0.716. The normalized spacial score (nSPS) is 11.8. The van der Waals surface area contributed by atoms with Gasteiger partial charge in [0.2, 0.25) is 0 Å². The predicted molar refractivity (Wildman–Crippen MR) is 98.1 cm³/mol. The van der Waals surface area contributed by atoms with Crippen molar-refractivity contribution in [2.45, 2.75) is 18.0 Å². The second kappa shape index (κ2) is 8.79. The van der Waals surface area contributed by atoms with Crippen molar-refractivity contribution in [2.24, 2.45) is 0 Å². The predicted octanol–water partition coefficient (Wildman–Crippen LogP) is 3.49. The summed E-state index contributed by atoms with van der Waals surface area (Å²) in [5.74, 6) is -0.520. The van der Waals surface area contributed by atoms with E-state index in [0.29, 0.717) is 30.1 Å². The summed E-state index contributed by atoms with van der Waals surface area (Å²) in [5, 5.41) is 8.74. The first-order valence-corrected chi connectivity index (χ1v) is 9.64. The van der Waals surface area contributed by atoms with Crippen molar-refractivity contribution in [3.05, 3.63) is 65.2 Å². The first-order chi connectivity index (χ1) is 13.6. The summed E-state index contributed by atoms with van der Waals surface area (Å²) >= 11 is 0. The maximum absolute atomic E-state index is 13.2. The molecule has 0 aliphatic carbocycles. The molecule has 0 saturated heterocycles. The number of amides is 1. The average Bonchev–Trinajstić information content (AvgIpc) is 2.66. The Morgan fingerprint density at radius 1 is 1.21 bits per heavy atom. The van der Waals surface area contributed by atoms with Gasteiger partial charge in [0, 0.05) is 6.08 Å². The van der Waals surface area contributed by atoms with Gasteiger partial charge < -0.3 is 4.74 Å². The number of rotatable bonds is 6. The number of halogens is 3. The van der Waals surface area contributed by atoms with Crippen molar-refractivity contribution in [1.29, 1.82) is 5.26 Å². The minimum Gasteiger partial charge on any atom is -0.494 e. The highest BCUT2D eigenvalue weighted by molar-refractivity contribution is 7.90. The first-order valence-electron chi connectivity index (χ1n) is 8.16. The van der Waals surface area contributed by atoms with E-state index >= 15 is 0 Å². The van der Waals surface area contributed by atoms with Crippen molar-refractivity contribution >= 4 is 22.0 Å². The van der Waals surface area contributed by atoms with E-state index < -0.39 is 32.6 Å². The molecular formula is C19H15F3N2O4S. The lowest BCUT2D eigenvalue weighted by Gasteiger charge is -2.13. The number of carbonyl (C=O) groups excluding carboxylic acids is 1. The van der Waals surface area contributed by atoms with E-state index in [1.165, 1.54) is 12.1 Å². The van der Waals surface area contributed by atoms with E-state index in [-0.39, 0.29) is 5.56 Å². The van der Waals surface area contributed by atoms with Crippen LogP contribution in [0.4, 0.5) is 13.2 Å². The Morgan fingerprint density at radius 2 is 1.86 bits per heavy atom. The molecule has 6 nitrogen and oxygen atoms in total. The van der Waals surface area contributed by atoms with E-state index in [9.17, 15) is 26.4 Å². The van der Waals surface area contributed by atoms with E-state index in [2.05, 4.69) is 0 Å². The molecule has 0 spiro atoms. The van der Waals surface area contributed by atoms with Crippen LogP contribution >= 0.6 is 0 Å². The number of sulfonamides is 1. The SMILES string of the molecule is CCOc1ccc(/C=C/C(=O)NS(=O)(=O)c2ccc(C#N)cc2C(F)(F)F)cc1. The molecule has 152 valence electrons. The second-order valence-corrected chi connectivity index (χ2v) is 7.28. The zero-order valence-corrected chi connectivity index (χ0v) is 15.8. The molecule has 2 aromatic rings. The molecule has 0 aliphatic heterocycles. The number of hydrogen-bond acceptors (Lipinski definition) is 5. The van der Waals surface area contributed by atoms with Crippen LogP contribution in [0.2, 0.25) is 0 Å². The third kappa shape index (κ3) is 5.83. The van der Waals surface area contributed by atoms with Gasteiger partial charge in [-0.25, -0.2) is 13.1 Å². The molecule has 1 amide bonds. The molecule has 0 fully saturated rings. The van der Waals surface area contributed by atoms with Crippen molar-refractivity contribution in [3.63, 3.8) is 0 Å². The molecule has 29 heavy (non-hydrogen) atoms. The van der Waals surface area contributed by atoms with Crippen LogP contribution in [0, 0.1) is 11.3 Å². The van der Waals surface area contributed by atoms with Gasteiger partial charge in [0.15, 0.2) is 0 Å². The fraction of sp³-hybridized carbons (Fsp3) is 0.158. The van der Waals surface area contributed by atoms with Gasteiger partial charge in [-0.05, 0) is 48.9 Å². The molecule has 0 aliphatic rings. The Bertz CT molecular complexity index is 1070. The van der Waals surface area contributed by atoms with Gasteiger partial charge in [-0.15, -0.1) is 0 Å². The van der Waals surface area contributed by atoms with Crippen LogP contribution in [0.5, 0.6) is 5.75 Å². The molecule has 0 atom stereocenters. The molecule has 1 N–H and O–H groups in total. The fourth-order valence-electron chi connectivity index (χ4n) is 2.29.